The predicted octanol–water partition coefficient (Wildman–Crippen LogP) is 3.94. The van der Waals surface area contributed by atoms with Gasteiger partial charge in [0, 0.05) is 36.9 Å². The summed E-state index contributed by atoms with van der Waals surface area (Å²) in [4.78, 5) is 37.7. The Morgan fingerprint density at radius 1 is 1.05 bits per heavy atom. The lowest BCUT2D eigenvalue weighted by molar-refractivity contribution is -0.116. The predicted molar refractivity (Wildman–Crippen MR) is 137 cm³/mol. The van der Waals surface area contributed by atoms with Gasteiger partial charge in [-0.3, -0.25) is 15.0 Å². The van der Waals surface area contributed by atoms with Crippen LogP contribution in [0.2, 0.25) is 0 Å². The number of hydrogen-bond donors (Lipinski definition) is 4. The number of phenols is 1. The molecule has 0 aliphatic rings. The standard InChI is InChI=1S/C27H24N4O6/c1-14-9-17(31(3)15(2)32)6-7-18(14)19-11-21(23(33)12-24(19)37-4)25(29)26(34)30-22-8-5-16(13-28)10-20(22)27(35)36/h5-12,29,33H,1-4H3,(H,30,34)(H,35,36). The van der Waals surface area contributed by atoms with Crippen LogP contribution in [0.15, 0.2) is 48.5 Å². The molecule has 10 heteroatoms. The molecule has 0 atom stereocenters. The highest BCUT2D eigenvalue weighted by molar-refractivity contribution is 6.48. The normalized spacial score (nSPS) is 10.2. The second-order valence-corrected chi connectivity index (χ2v) is 8.15. The van der Waals surface area contributed by atoms with Crippen LogP contribution in [0.25, 0.3) is 11.1 Å². The number of nitrogens with one attached hydrogen (secondary N) is 2. The first-order valence-corrected chi connectivity index (χ1v) is 10.9. The van der Waals surface area contributed by atoms with Crippen LogP contribution in [-0.4, -0.2) is 47.9 Å². The number of carboxylic acids is 1. The van der Waals surface area contributed by atoms with E-state index in [-0.39, 0.29) is 34.0 Å². The number of aryl methyl sites for hydroxylation is 1. The Morgan fingerprint density at radius 2 is 1.76 bits per heavy atom. The molecule has 37 heavy (non-hydrogen) atoms. The Balaban J connectivity index is 2.02. The summed E-state index contributed by atoms with van der Waals surface area (Å²) >= 11 is 0. The minimum atomic E-state index is -1.36. The Morgan fingerprint density at radius 3 is 2.32 bits per heavy atom. The first kappa shape index (κ1) is 26.4. The number of carbonyl (C=O) groups excluding carboxylic acids is 2. The smallest absolute Gasteiger partial charge is 0.337 e. The van der Waals surface area contributed by atoms with Crippen molar-refractivity contribution in [2.75, 3.05) is 24.4 Å². The fourth-order valence-electron chi connectivity index (χ4n) is 3.70. The van der Waals surface area contributed by atoms with Gasteiger partial charge in [-0.25, -0.2) is 4.79 Å². The molecule has 0 radical (unpaired) electrons. The van der Waals surface area contributed by atoms with E-state index in [0.717, 1.165) is 11.6 Å². The quantitative estimate of drug-likeness (QED) is 0.357. The van der Waals surface area contributed by atoms with E-state index in [1.165, 1.54) is 43.2 Å². The second kappa shape index (κ2) is 10.6. The van der Waals surface area contributed by atoms with E-state index in [4.69, 9.17) is 15.4 Å². The third-order valence-electron chi connectivity index (χ3n) is 5.80. The largest absolute Gasteiger partial charge is 0.507 e. The van der Waals surface area contributed by atoms with Gasteiger partial charge in [-0.2, -0.15) is 5.26 Å². The molecule has 0 saturated carbocycles. The monoisotopic (exact) mass is 500 g/mol. The molecule has 4 N–H and O–H groups in total. The minimum Gasteiger partial charge on any atom is -0.507 e. The number of carboxylic acid groups (broad SMARTS) is 1. The molecule has 0 spiro atoms. The molecule has 0 aliphatic heterocycles. The van der Waals surface area contributed by atoms with E-state index in [2.05, 4.69) is 5.32 Å². The second-order valence-electron chi connectivity index (χ2n) is 8.15. The molecule has 2 amide bonds. The molecule has 0 aliphatic carbocycles. The first-order valence-electron chi connectivity index (χ1n) is 10.9. The summed E-state index contributed by atoms with van der Waals surface area (Å²) in [5.74, 6) is -2.55. The molecule has 188 valence electrons. The lowest BCUT2D eigenvalue weighted by atomic mass is 9.95. The van der Waals surface area contributed by atoms with Gasteiger partial charge in [0.05, 0.1) is 30.0 Å². The van der Waals surface area contributed by atoms with Crippen LogP contribution >= 0.6 is 0 Å². The van der Waals surface area contributed by atoms with E-state index in [0.29, 0.717) is 22.6 Å². The van der Waals surface area contributed by atoms with Gasteiger partial charge < -0.3 is 25.2 Å². The van der Waals surface area contributed by atoms with E-state index < -0.39 is 17.6 Å². The van der Waals surface area contributed by atoms with E-state index >= 15 is 0 Å². The third-order valence-corrected chi connectivity index (χ3v) is 5.80. The van der Waals surface area contributed by atoms with E-state index in [9.17, 15) is 24.6 Å². The van der Waals surface area contributed by atoms with Crippen molar-refractivity contribution in [3.05, 3.63) is 70.8 Å². The molecule has 0 bridgehead atoms. The minimum absolute atomic E-state index is 0.0961. The number of amides is 2. The van der Waals surface area contributed by atoms with Gasteiger partial charge in [-0.05, 0) is 54.4 Å². The number of ether oxygens (including phenoxy) is 1. The van der Waals surface area contributed by atoms with Gasteiger partial charge in [0.25, 0.3) is 5.91 Å². The van der Waals surface area contributed by atoms with Crippen LogP contribution in [-0.2, 0) is 9.59 Å². The number of methoxy groups -OCH3 is 1. The van der Waals surface area contributed by atoms with Gasteiger partial charge in [0.1, 0.15) is 17.2 Å². The molecule has 0 aromatic heterocycles. The van der Waals surface area contributed by atoms with Crippen LogP contribution in [0.1, 0.15) is 34.0 Å². The number of anilines is 2. The fourth-order valence-corrected chi connectivity index (χ4v) is 3.70. The van der Waals surface area contributed by atoms with Crippen molar-refractivity contribution in [1.29, 1.82) is 10.7 Å². The zero-order valence-electron chi connectivity index (χ0n) is 20.5. The van der Waals surface area contributed by atoms with Crippen molar-refractivity contribution in [3.63, 3.8) is 0 Å². The number of rotatable bonds is 7. The molecule has 0 heterocycles. The molecule has 0 saturated heterocycles. The third kappa shape index (κ3) is 5.41. The molecule has 0 unspecified atom stereocenters. The number of nitriles is 1. The Labute approximate surface area is 212 Å². The van der Waals surface area contributed by atoms with Crippen molar-refractivity contribution >= 4 is 34.9 Å². The molecular weight excluding hydrogens is 476 g/mol. The van der Waals surface area contributed by atoms with Gasteiger partial charge >= 0.3 is 5.97 Å². The maximum Gasteiger partial charge on any atom is 0.337 e. The number of aromatic hydroxyl groups is 1. The van der Waals surface area contributed by atoms with E-state index in [1.807, 2.05) is 13.0 Å². The van der Waals surface area contributed by atoms with Crippen LogP contribution in [0, 0.1) is 23.7 Å². The average Bonchev–Trinajstić information content (AvgIpc) is 2.87. The topological polar surface area (TPSA) is 164 Å². The SMILES string of the molecule is COc1cc(O)c(C(=N)C(=O)Nc2ccc(C#N)cc2C(=O)O)cc1-c1ccc(N(C)C(C)=O)cc1C. The average molecular weight is 501 g/mol. The number of hydrogen-bond acceptors (Lipinski definition) is 7. The molecular formula is C27H24N4O6. The summed E-state index contributed by atoms with van der Waals surface area (Å²) in [6, 6.07) is 13.6. The maximum atomic E-state index is 12.9. The number of phenolic OH excluding ortho intramolecular Hbond substituents is 1. The van der Waals surface area contributed by atoms with Crippen molar-refractivity contribution in [2.45, 2.75) is 13.8 Å². The van der Waals surface area contributed by atoms with Crippen LogP contribution in [0.5, 0.6) is 11.5 Å². The maximum absolute atomic E-state index is 12.9. The summed E-state index contributed by atoms with van der Waals surface area (Å²) < 4.78 is 5.42. The summed E-state index contributed by atoms with van der Waals surface area (Å²) in [5.41, 5.74) is 1.59. The number of aromatic carboxylic acids is 1. The van der Waals surface area contributed by atoms with Crippen LogP contribution in [0.4, 0.5) is 11.4 Å². The number of nitrogens with zero attached hydrogens (tertiary/aromatic N) is 2. The van der Waals surface area contributed by atoms with Crippen molar-refractivity contribution in [2.24, 2.45) is 0 Å². The van der Waals surface area contributed by atoms with Gasteiger partial charge in [-0.1, -0.05) is 6.07 Å². The summed E-state index contributed by atoms with van der Waals surface area (Å²) in [6.07, 6.45) is 0. The van der Waals surface area contributed by atoms with Crippen LogP contribution in [0.3, 0.4) is 0 Å². The number of benzene rings is 3. The zero-order valence-corrected chi connectivity index (χ0v) is 20.5. The highest BCUT2D eigenvalue weighted by Crippen LogP contribution is 2.38. The Kier molecular flexibility index (Phi) is 7.59. The fraction of sp³-hybridized carbons (Fsp3) is 0.148. The lowest BCUT2D eigenvalue weighted by Gasteiger charge is -2.19. The van der Waals surface area contributed by atoms with Gasteiger partial charge in [-0.15, -0.1) is 0 Å². The van der Waals surface area contributed by atoms with E-state index in [1.54, 1.807) is 25.2 Å². The lowest BCUT2D eigenvalue weighted by Crippen LogP contribution is -2.24. The summed E-state index contributed by atoms with van der Waals surface area (Å²) in [5, 5.41) is 39.8. The van der Waals surface area contributed by atoms with Crippen molar-refractivity contribution < 1.29 is 29.3 Å². The molecule has 10 nitrogen and oxygen atoms in total. The van der Waals surface area contributed by atoms with Crippen molar-refractivity contribution in [1.82, 2.24) is 0 Å². The summed E-state index contributed by atoms with van der Waals surface area (Å²) in [6.45, 7) is 3.28. The molecule has 3 aromatic rings. The Bertz CT molecular complexity index is 1490. The van der Waals surface area contributed by atoms with Gasteiger partial charge in [0.2, 0.25) is 5.91 Å². The highest BCUT2D eigenvalue weighted by Gasteiger charge is 2.22. The summed E-state index contributed by atoms with van der Waals surface area (Å²) in [7, 11) is 3.07. The number of carbonyl (C=O) groups is 3. The molecule has 0 fully saturated rings. The van der Waals surface area contributed by atoms with Gasteiger partial charge in [0.15, 0.2) is 0 Å². The Hall–Kier alpha value is -5.17. The van der Waals surface area contributed by atoms with Crippen molar-refractivity contribution in [3.8, 4) is 28.7 Å². The highest BCUT2D eigenvalue weighted by atomic mass is 16.5. The zero-order chi connectivity index (χ0) is 27.4. The molecule has 3 rings (SSSR count). The molecule has 3 aromatic carbocycles. The van der Waals surface area contributed by atoms with Crippen LogP contribution < -0.4 is 15.0 Å². The first-order chi connectivity index (χ1) is 17.5.